The van der Waals surface area contributed by atoms with Gasteiger partial charge < -0.3 is 9.64 Å². The highest BCUT2D eigenvalue weighted by Gasteiger charge is 2.36. The lowest BCUT2D eigenvalue weighted by Gasteiger charge is -2.34. The Hall–Kier alpha value is -2.98. The van der Waals surface area contributed by atoms with E-state index in [9.17, 15) is 13.2 Å². The second-order valence-electron chi connectivity index (χ2n) is 10.5. The number of hydrogen-bond donors (Lipinski definition) is 1. The van der Waals surface area contributed by atoms with E-state index >= 15 is 0 Å². The maximum Gasteiger partial charge on any atom is 0.313 e. The lowest BCUT2D eigenvalue weighted by atomic mass is 9.85. The van der Waals surface area contributed by atoms with Crippen LogP contribution in [0, 0.1) is 5.41 Å². The first-order chi connectivity index (χ1) is 19.2. The molecule has 40 heavy (non-hydrogen) atoms. The minimum absolute atomic E-state index is 0.110. The Labute approximate surface area is 245 Å². The predicted molar refractivity (Wildman–Crippen MR) is 162 cm³/mol. The standard InChI is InChI=1S/C30H37BrN4O4S/c1-4-19-30(2,29(36)39-3)21-35-20-10-6-5-7-12-22-13-8-9-14-23(22)28-24(31)17-18-25(32-28)34-40(37,38)27-16-11-15-26(35)33-27/h8-9,11,13-18H,4-7,10,12,19-21H2,1-3H3,(H,32,34)/t30-/m1/s1. The molecule has 10 heteroatoms. The molecule has 1 atom stereocenters. The Morgan fingerprint density at radius 3 is 2.60 bits per heavy atom. The van der Waals surface area contributed by atoms with Crippen LogP contribution in [0.25, 0.3) is 11.3 Å². The van der Waals surface area contributed by atoms with Crippen LogP contribution in [0.2, 0.25) is 0 Å². The molecular weight excluding hydrogens is 592 g/mol. The molecule has 1 aliphatic rings. The normalized spacial score (nSPS) is 17.1. The summed E-state index contributed by atoms with van der Waals surface area (Å²) in [6.45, 7) is 4.96. The summed E-state index contributed by atoms with van der Waals surface area (Å²) in [6, 6.07) is 16.5. The number of anilines is 2. The van der Waals surface area contributed by atoms with Crippen molar-refractivity contribution in [2.45, 2.75) is 63.8 Å². The molecule has 1 aliphatic heterocycles. The van der Waals surface area contributed by atoms with Crippen LogP contribution >= 0.6 is 15.9 Å². The summed E-state index contributed by atoms with van der Waals surface area (Å²) in [4.78, 5) is 24.1. The molecule has 0 spiro atoms. The number of fused-ring (bicyclic) bond motifs is 6. The van der Waals surface area contributed by atoms with E-state index < -0.39 is 15.4 Å². The Morgan fingerprint density at radius 2 is 1.82 bits per heavy atom. The summed E-state index contributed by atoms with van der Waals surface area (Å²) < 4.78 is 35.5. The Morgan fingerprint density at radius 1 is 1.05 bits per heavy atom. The van der Waals surface area contributed by atoms with Gasteiger partial charge in [0.25, 0.3) is 10.0 Å². The van der Waals surface area contributed by atoms with E-state index in [1.54, 1.807) is 24.3 Å². The average molecular weight is 630 g/mol. The van der Waals surface area contributed by atoms with Gasteiger partial charge in [0.15, 0.2) is 5.03 Å². The first-order valence-electron chi connectivity index (χ1n) is 13.7. The maximum atomic E-state index is 13.5. The van der Waals surface area contributed by atoms with Crippen molar-refractivity contribution in [2.75, 3.05) is 29.8 Å². The van der Waals surface area contributed by atoms with Crippen molar-refractivity contribution in [2.24, 2.45) is 5.41 Å². The third kappa shape index (κ3) is 7.01. The Balaban J connectivity index is 1.75. The number of carbonyl (C=O) groups excluding carboxylic acids is 1. The minimum atomic E-state index is -4.04. The largest absolute Gasteiger partial charge is 0.469 e. The van der Waals surface area contributed by atoms with Gasteiger partial charge >= 0.3 is 5.97 Å². The molecule has 0 radical (unpaired) electrons. The molecule has 2 aromatic heterocycles. The number of sulfonamides is 1. The maximum absolute atomic E-state index is 13.5. The number of nitrogens with one attached hydrogen (secondary N) is 1. The molecule has 0 fully saturated rings. The van der Waals surface area contributed by atoms with Crippen LogP contribution in [-0.2, 0) is 26.0 Å². The topological polar surface area (TPSA) is 101 Å². The highest BCUT2D eigenvalue weighted by molar-refractivity contribution is 9.10. The van der Waals surface area contributed by atoms with E-state index in [0.717, 1.165) is 48.6 Å². The fraction of sp³-hybridized carbons (Fsp3) is 0.433. The lowest BCUT2D eigenvalue weighted by Crippen LogP contribution is -2.43. The summed E-state index contributed by atoms with van der Waals surface area (Å²) in [5, 5.41) is -0.110. The number of pyridine rings is 2. The number of rotatable bonds is 5. The molecule has 3 aromatic rings. The van der Waals surface area contributed by atoms with Crippen LogP contribution in [0.15, 0.2) is 64.1 Å². The zero-order valence-corrected chi connectivity index (χ0v) is 25.7. The molecule has 214 valence electrons. The van der Waals surface area contributed by atoms with Crippen LogP contribution < -0.4 is 9.62 Å². The third-order valence-electron chi connectivity index (χ3n) is 7.31. The molecule has 8 nitrogen and oxygen atoms in total. The van der Waals surface area contributed by atoms with Crippen molar-refractivity contribution < 1.29 is 17.9 Å². The predicted octanol–water partition coefficient (Wildman–Crippen LogP) is 6.61. The van der Waals surface area contributed by atoms with Gasteiger partial charge in [-0.05, 0) is 78.4 Å². The SMILES string of the molecule is CCC[C@](C)(CN1CCCCCCc2ccccc2-c2nc(ccc2Br)NS(=O)(=O)c2cccc1n2)C(=O)OC. The van der Waals surface area contributed by atoms with Gasteiger partial charge in [-0.2, -0.15) is 8.42 Å². The number of benzene rings is 1. The number of halogens is 1. The van der Waals surface area contributed by atoms with Crippen LogP contribution in [0.1, 0.15) is 57.9 Å². The number of aryl methyl sites for hydroxylation is 1. The molecule has 0 unspecified atom stereocenters. The molecule has 3 heterocycles. The fourth-order valence-corrected chi connectivity index (χ4v) is 6.69. The number of aromatic nitrogens is 2. The number of nitrogens with zero attached hydrogens (tertiary/aromatic N) is 3. The molecule has 4 bridgehead atoms. The van der Waals surface area contributed by atoms with Gasteiger partial charge in [0, 0.05) is 23.1 Å². The van der Waals surface area contributed by atoms with Gasteiger partial charge in [-0.1, -0.05) is 56.5 Å². The Bertz CT molecular complexity index is 1450. The zero-order chi connectivity index (χ0) is 28.8. The molecule has 1 aromatic carbocycles. The summed E-state index contributed by atoms with van der Waals surface area (Å²) in [6.07, 6.45) is 6.30. The second-order valence-corrected chi connectivity index (χ2v) is 13.0. The van der Waals surface area contributed by atoms with E-state index in [0.29, 0.717) is 31.0 Å². The first kappa shape index (κ1) is 30.0. The lowest BCUT2D eigenvalue weighted by molar-refractivity contribution is -0.151. The van der Waals surface area contributed by atoms with Gasteiger partial charge in [0.05, 0.1) is 18.2 Å². The van der Waals surface area contributed by atoms with E-state index in [-0.39, 0.29) is 16.8 Å². The number of carbonyl (C=O) groups is 1. The highest BCUT2D eigenvalue weighted by atomic mass is 79.9. The van der Waals surface area contributed by atoms with Gasteiger partial charge in [0.2, 0.25) is 0 Å². The van der Waals surface area contributed by atoms with Crippen molar-refractivity contribution >= 4 is 43.6 Å². The summed E-state index contributed by atoms with van der Waals surface area (Å²) in [5.41, 5.74) is 2.08. The van der Waals surface area contributed by atoms with Gasteiger partial charge in [0.1, 0.15) is 11.6 Å². The third-order valence-corrected chi connectivity index (χ3v) is 9.21. The molecule has 0 aliphatic carbocycles. The molecule has 1 N–H and O–H groups in total. The number of ether oxygens (including phenoxy) is 1. The van der Waals surface area contributed by atoms with E-state index in [2.05, 4.69) is 36.7 Å². The summed E-state index contributed by atoms with van der Waals surface area (Å²) in [7, 11) is -2.63. The quantitative estimate of drug-likeness (QED) is 0.317. The van der Waals surface area contributed by atoms with Crippen molar-refractivity contribution in [3.63, 3.8) is 0 Å². The van der Waals surface area contributed by atoms with Gasteiger partial charge in [-0.3, -0.25) is 9.52 Å². The number of methoxy groups -OCH3 is 1. The van der Waals surface area contributed by atoms with E-state index in [1.807, 2.05) is 36.9 Å². The number of esters is 1. The van der Waals surface area contributed by atoms with Gasteiger partial charge in [-0.15, -0.1) is 0 Å². The van der Waals surface area contributed by atoms with Crippen molar-refractivity contribution in [3.8, 4) is 11.3 Å². The molecule has 0 saturated carbocycles. The van der Waals surface area contributed by atoms with Gasteiger partial charge in [-0.25, -0.2) is 9.97 Å². The summed E-state index contributed by atoms with van der Waals surface area (Å²) in [5.74, 6) is 0.442. The first-order valence-corrected chi connectivity index (χ1v) is 16.0. The molecule has 0 amide bonds. The minimum Gasteiger partial charge on any atom is -0.469 e. The zero-order valence-electron chi connectivity index (χ0n) is 23.3. The highest BCUT2D eigenvalue weighted by Crippen LogP contribution is 2.33. The summed E-state index contributed by atoms with van der Waals surface area (Å²) >= 11 is 3.60. The van der Waals surface area contributed by atoms with E-state index in [4.69, 9.17) is 4.74 Å². The van der Waals surface area contributed by atoms with Crippen molar-refractivity contribution in [1.82, 2.24) is 9.97 Å². The number of hydrogen-bond acceptors (Lipinski definition) is 7. The average Bonchev–Trinajstić information content (AvgIpc) is 2.94. The monoisotopic (exact) mass is 628 g/mol. The van der Waals surface area contributed by atoms with Crippen LogP contribution in [0.5, 0.6) is 0 Å². The van der Waals surface area contributed by atoms with Crippen molar-refractivity contribution in [1.29, 1.82) is 0 Å². The molecular formula is C30H37BrN4O4S. The second kappa shape index (κ2) is 13.1. The van der Waals surface area contributed by atoms with Crippen LogP contribution in [-0.4, -0.2) is 44.6 Å². The van der Waals surface area contributed by atoms with Crippen molar-refractivity contribution in [3.05, 3.63) is 64.6 Å². The molecule has 4 rings (SSSR count). The molecule has 0 saturated heterocycles. The smallest absolute Gasteiger partial charge is 0.313 e. The van der Waals surface area contributed by atoms with E-state index in [1.165, 1.54) is 18.7 Å². The van der Waals surface area contributed by atoms with Crippen LogP contribution in [0.3, 0.4) is 0 Å². The Kier molecular flexibility index (Phi) is 9.84. The van der Waals surface area contributed by atoms with Crippen LogP contribution in [0.4, 0.5) is 11.6 Å². The fourth-order valence-electron chi connectivity index (χ4n) is 5.29.